The lowest BCUT2D eigenvalue weighted by Gasteiger charge is -2.14. The number of aromatic nitrogens is 3. The largest absolute Gasteiger partial charge is 0.367 e. The zero-order chi connectivity index (χ0) is 16.2. The van der Waals surface area contributed by atoms with Crippen molar-refractivity contribution in [1.82, 2.24) is 14.8 Å². The van der Waals surface area contributed by atoms with Gasteiger partial charge < -0.3 is 0 Å². The predicted molar refractivity (Wildman–Crippen MR) is 87.8 cm³/mol. The Morgan fingerprint density at radius 2 is 1.48 bits per heavy atom. The quantitative estimate of drug-likeness (QED) is 0.743. The van der Waals surface area contributed by atoms with Crippen molar-refractivity contribution in [3.63, 3.8) is 0 Å². The molecule has 3 rings (SSSR count). The fraction of sp³-hybridized carbons (Fsp3) is 0.111. The zero-order valence-electron chi connectivity index (χ0n) is 12.6. The first-order chi connectivity index (χ1) is 11.2. The summed E-state index contributed by atoms with van der Waals surface area (Å²) in [4.78, 5) is 23.8. The zero-order valence-corrected chi connectivity index (χ0v) is 12.6. The number of carbonyl (C=O) groups is 1. The van der Waals surface area contributed by atoms with Gasteiger partial charge in [-0.3, -0.25) is 9.36 Å². The molecule has 0 amide bonds. The van der Waals surface area contributed by atoms with Gasteiger partial charge in [0, 0.05) is 11.1 Å². The van der Waals surface area contributed by atoms with Crippen LogP contribution in [0.1, 0.15) is 6.92 Å². The van der Waals surface area contributed by atoms with E-state index in [0.717, 1.165) is 11.1 Å². The fourth-order valence-electron chi connectivity index (χ4n) is 2.47. The van der Waals surface area contributed by atoms with E-state index in [2.05, 4.69) is 10.2 Å². The summed E-state index contributed by atoms with van der Waals surface area (Å²) >= 11 is 0. The summed E-state index contributed by atoms with van der Waals surface area (Å²) < 4.78 is 1.38. The van der Waals surface area contributed by atoms with Crippen molar-refractivity contribution in [2.75, 3.05) is 0 Å². The van der Waals surface area contributed by atoms with Crippen molar-refractivity contribution in [2.24, 2.45) is 0 Å². The van der Waals surface area contributed by atoms with Gasteiger partial charge in [-0.05, 0) is 6.92 Å². The van der Waals surface area contributed by atoms with Crippen LogP contribution in [0.25, 0.3) is 22.5 Å². The SMILES string of the molecule is CC(=O)Cn1c(-c2ccccc2)c(-c2ccccc2)nnc1=O. The second-order valence-electron chi connectivity index (χ2n) is 5.20. The number of rotatable bonds is 4. The van der Waals surface area contributed by atoms with Crippen LogP contribution in [-0.2, 0) is 11.3 Å². The van der Waals surface area contributed by atoms with Gasteiger partial charge in [0.2, 0.25) is 0 Å². The molecule has 23 heavy (non-hydrogen) atoms. The highest BCUT2D eigenvalue weighted by Crippen LogP contribution is 2.28. The number of carbonyl (C=O) groups excluding carboxylic acids is 1. The van der Waals surface area contributed by atoms with Gasteiger partial charge in [-0.25, -0.2) is 4.79 Å². The summed E-state index contributed by atoms with van der Waals surface area (Å²) in [6.45, 7) is 1.42. The van der Waals surface area contributed by atoms with Crippen LogP contribution in [0.3, 0.4) is 0 Å². The van der Waals surface area contributed by atoms with Crippen LogP contribution in [0.5, 0.6) is 0 Å². The lowest BCUT2D eigenvalue weighted by Crippen LogP contribution is -2.29. The van der Waals surface area contributed by atoms with Gasteiger partial charge in [0.15, 0.2) is 0 Å². The summed E-state index contributed by atoms with van der Waals surface area (Å²) in [6.07, 6.45) is 0. The summed E-state index contributed by atoms with van der Waals surface area (Å²) in [5, 5.41) is 7.80. The Balaban J connectivity index is 2.33. The molecule has 0 aliphatic carbocycles. The van der Waals surface area contributed by atoms with Crippen LogP contribution >= 0.6 is 0 Å². The normalized spacial score (nSPS) is 10.5. The van der Waals surface area contributed by atoms with Crippen LogP contribution in [-0.4, -0.2) is 20.5 Å². The van der Waals surface area contributed by atoms with Crippen molar-refractivity contribution >= 4 is 5.78 Å². The lowest BCUT2D eigenvalue weighted by atomic mass is 10.0. The molecule has 0 bridgehead atoms. The molecule has 0 fully saturated rings. The van der Waals surface area contributed by atoms with Gasteiger partial charge in [-0.1, -0.05) is 65.8 Å². The Labute approximate surface area is 133 Å². The first-order valence-electron chi connectivity index (χ1n) is 7.24. The molecule has 0 saturated carbocycles. The van der Waals surface area contributed by atoms with Crippen molar-refractivity contribution in [3.05, 3.63) is 71.1 Å². The van der Waals surface area contributed by atoms with E-state index in [9.17, 15) is 9.59 Å². The first-order valence-corrected chi connectivity index (χ1v) is 7.24. The highest BCUT2D eigenvalue weighted by atomic mass is 16.2. The topological polar surface area (TPSA) is 64.8 Å². The smallest absolute Gasteiger partial charge is 0.298 e. The molecule has 0 aliphatic heterocycles. The second kappa shape index (κ2) is 6.36. The summed E-state index contributed by atoms with van der Waals surface area (Å²) in [5.41, 5.74) is 2.32. The van der Waals surface area contributed by atoms with E-state index in [-0.39, 0.29) is 12.3 Å². The molecule has 1 aromatic heterocycles. The molecule has 0 aliphatic rings. The van der Waals surface area contributed by atoms with E-state index in [1.165, 1.54) is 11.5 Å². The number of nitrogens with zero attached hydrogens (tertiary/aromatic N) is 3. The Kier molecular flexibility index (Phi) is 4.10. The molecule has 1 heterocycles. The Hall–Kier alpha value is -3.08. The van der Waals surface area contributed by atoms with Crippen LogP contribution < -0.4 is 5.69 Å². The fourth-order valence-corrected chi connectivity index (χ4v) is 2.47. The minimum absolute atomic E-state index is 0.0294. The second-order valence-corrected chi connectivity index (χ2v) is 5.20. The molecular weight excluding hydrogens is 290 g/mol. The molecule has 0 spiro atoms. The van der Waals surface area contributed by atoms with Gasteiger partial charge >= 0.3 is 5.69 Å². The van der Waals surface area contributed by atoms with Crippen molar-refractivity contribution < 1.29 is 4.79 Å². The van der Waals surface area contributed by atoms with E-state index in [4.69, 9.17) is 0 Å². The maximum absolute atomic E-state index is 12.2. The molecule has 0 N–H and O–H groups in total. The molecule has 0 saturated heterocycles. The number of ketones is 1. The molecule has 3 aromatic rings. The van der Waals surface area contributed by atoms with Gasteiger partial charge in [-0.15, -0.1) is 5.10 Å². The number of hydrogen-bond donors (Lipinski definition) is 0. The van der Waals surface area contributed by atoms with E-state index >= 15 is 0 Å². The number of benzene rings is 2. The Morgan fingerprint density at radius 3 is 2.04 bits per heavy atom. The maximum atomic E-state index is 12.2. The molecule has 0 atom stereocenters. The lowest BCUT2D eigenvalue weighted by molar-refractivity contribution is -0.117. The van der Waals surface area contributed by atoms with Crippen LogP contribution in [0.4, 0.5) is 0 Å². The predicted octanol–water partition coefficient (Wildman–Crippen LogP) is 2.56. The Morgan fingerprint density at radius 1 is 0.913 bits per heavy atom. The third-order valence-electron chi connectivity index (χ3n) is 3.44. The molecule has 0 radical (unpaired) electrons. The summed E-state index contributed by atoms with van der Waals surface area (Å²) in [7, 11) is 0. The third-order valence-corrected chi connectivity index (χ3v) is 3.44. The van der Waals surface area contributed by atoms with Crippen LogP contribution in [0.2, 0.25) is 0 Å². The molecule has 5 heteroatoms. The highest BCUT2D eigenvalue weighted by molar-refractivity contribution is 5.80. The Bertz CT molecular complexity index is 887. The van der Waals surface area contributed by atoms with E-state index in [0.29, 0.717) is 11.4 Å². The average Bonchev–Trinajstić information content (AvgIpc) is 2.58. The molecule has 2 aromatic carbocycles. The number of hydrogen-bond acceptors (Lipinski definition) is 4. The highest BCUT2D eigenvalue weighted by Gasteiger charge is 2.17. The van der Waals surface area contributed by atoms with E-state index < -0.39 is 5.69 Å². The van der Waals surface area contributed by atoms with E-state index in [1.807, 2.05) is 60.7 Å². The van der Waals surface area contributed by atoms with Gasteiger partial charge in [-0.2, -0.15) is 0 Å². The monoisotopic (exact) mass is 305 g/mol. The first kappa shape index (κ1) is 14.8. The van der Waals surface area contributed by atoms with Crippen molar-refractivity contribution in [3.8, 4) is 22.5 Å². The van der Waals surface area contributed by atoms with Gasteiger partial charge in [0.25, 0.3) is 0 Å². The molecule has 5 nitrogen and oxygen atoms in total. The molecule has 0 unspecified atom stereocenters. The van der Waals surface area contributed by atoms with Crippen LogP contribution in [0, 0.1) is 0 Å². The summed E-state index contributed by atoms with van der Waals surface area (Å²) in [5.74, 6) is -0.115. The van der Waals surface area contributed by atoms with E-state index in [1.54, 1.807) is 0 Å². The minimum Gasteiger partial charge on any atom is -0.298 e. The number of Topliss-reactive ketones (excluding diaryl/α,β-unsaturated/α-hetero) is 1. The third kappa shape index (κ3) is 3.08. The van der Waals surface area contributed by atoms with Gasteiger partial charge in [0.1, 0.15) is 11.5 Å². The maximum Gasteiger partial charge on any atom is 0.367 e. The van der Waals surface area contributed by atoms with Gasteiger partial charge in [0.05, 0.1) is 12.2 Å². The van der Waals surface area contributed by atoms with Crippen molar-refractivity contribution in [1.29, 1.82) is 0 Å². The van der Waals surface area contributed by atoms with Crippen molar-refractivity contribution in [2.45, 2.75) is 13.5 Å². The molecule has 114 valence electrons. The standard InChI is InChI=1S/C18H15N3O2/c1-13(22)12-21-17(15-10-6-3-7-11-15)16(19-20-18(21)23)14-8-4-2-5-9-14/h2-11H,12H2,1H3. The minimum atomic E-state index is -0.529. The summed E-state index contributed by atoms with van der Waals surface area (Å²) in [6, 6.07) is 18.9. The van der Waals surface area contributed by atoms with Crippen LogP contribution in [0.15, 0.2) is 65.5 Å². The average molecular weight is 305 g/mol. The molecular formula is C18H15N3O2.